The number of hydrogen-bond acceptors (Lipinski definition) is 4. The highest BCUT2D eigenvalue weighted by molar-refractivity contribution is 5.13. The van der Waals surface area contributed by atoms with Crippen molar-refractivity contribution < 1.29 is 0 Å². The fraction of sp³-hybridized carbons (Fsp3) is 0.250. The first-order valence-electron chi connectivity index (χ1n) is 5.26. The van der Waals surface area contributed by atoms with Gasteiger partial charge in [-0.1, -0.05) is 6.07 Å². The third kappa shape index (κ3) is 2.84. The van der Waals surface area contributed by atoms with E-state index >= 15 is 0 Å². The number of aromatic nitrogens is 3. The zero-order valence-electron chi connectivity index (χ0n) is 9.17. The van der Waals surface area contributed by atoms with Crippen LogP contribution in [0.15, 0.2) is 42.9 Å². The Morgan fingerprint density at radius 3 is 2.81 bits per heavy atom. The van der Waals surface area contributed by atoms with Gasteiger partial charge in [0, 0.05) is 31.2 Å². The smallest absolute Gasteiger partial charge is 0.0769 e. The highest BCUT2D eigenvalue weighted by Gasteiger charge is 2.04. The summed E-state index contributed by atoms with van der Waals surface area (Å²) in [7, 11) is 0. The van der Waals surface area contributed by atoms with Gasteiger partial charge in [-0.05, 0) is 30.7 Å². The van der Waals surface area contributed by atoms with Crippen molar-refractivity contribution in [3.05, 3.63) is 54.1 Å². The fourth-order valence-corrected chi connectivity index (χ4v) is 1.44. The van der Waals surface area contributed by atoms with Gasteiger partial charge in [-0.15, -0.1) is 0 Å². The van der Waals surface area contributed by atoms with E-state index in [9.17, 15) is 0 Å². The van der Waals surface area contributed by atoms with Gasteiger partial charge in [0.15, 0.2) is 0 Å². The van der Waals surface area contributed by atoms with Gasteiger partial charge in [-0.3, -0.25) is 4.98 Å². The highest BCUT2D eigenvalue weighted by Crippen LogP contribution is 2.10. The summed E-state index contributed by atoms with van der Waals surface area (Å²) in [6, 6.07) is 8.10. The fourth-order valence-electron chi connectivity index (χ4n) is 1.44. The molecule has 4 heteroatoms. The molecule has 0 fully saturated rings. The van der Waals surface area contributed by atoms with E-state index in [-0.39, 0.29) is 6.04 Å². The van der Waals surface area contributed by atoms with Gasteiger partial charge in [0.2, 0.25) is 0 Å². The van der Waals surface area contributed by atoms with Crippen LogP contribution in [0.2, 0.25) is 0 Å². The molecule has 2 aromatic rings. The van der Waals surface area contributed by atoms with Crippen molar-refractivity contribution >= 4 is 0 Å². The lowest BCUT2D eigenvalue weighted by atomic mass is 10.1. The molecule has 0 radical (unpaired) electrons. The molecule has 2 rings (SSSR count). The summed E-state index contributed by atoms with van der Waals surface area (Å²) in [5, 5.41) is 11.2. The maximum absolute atomic E-state index is 4.09. The van der Waals surface area contributed by atoms with Crippen LogP contribution in [0.3, 0.4) is 0 Å². The molecule has 0 aliphatic heterocycles. The van der Waals surface area contributed by atoms with Crippen LogP contribution in [0.1, 0.15) is 24.2 Å². The maximum Gasteiger partial charge on any atom is 0.0769 e. The highest BCUT2D eigenvalue weighted by atomic mass is 15.1. The number of hydrogen-bond donors (Lipinski definition) is 1. The van der Waals surface area contributed by atoms with E-state index in [1.807, 2.05) is 24.4 Å². The maximum atomic E-state index is 4.09. The van der Waals surface area contributed by atoms with Crippen molar-refractivity contribution in [2.75, 3.05) is 0 Å². The van der Waals surface area contributed by atoms with Crippen LogP contribution in [0, 0.1) is 0 Å². The third-order valence-electron chi connectivity index (χ3n) is 2.40. The molecule has 1 unspecified atom stereocenters. The molecule has 1 atom stereocenters. The van der Waals surface area contributed by atoms with E-state index in [1.54, 1.807) is 12.4 Å². The van der Waals surface area contributed by atoms with E-state index in [2.05, 4.69) is 33.5 Å². The molecule has 2 heterocycles. The average Bonchev–Trinajstić information content (AvgIpc) is 2.38. The normalized spacial score (nSPS) is 12.3. The monoisotopic (exact) mass is 214 g/mol. The largest absolute Gasteiger partial charge is 0.304 e. The molecule has 82 valence electrons. The lowest BCUT2D eigenvalue weighted by molar-refractivity contribution is 0.562. The molecule has 0 aromatic carbocycles. The van der Waals surface area contributed by atoms with Gasteiger partial charge < -0.3 is 5.32 Å². The van der Waals surface area contributed by atoms with Gasteiger partial charge in [0.1, 0.15) is 0 Å². The van der Waals surface area contributed by atoms with E-state index in [0.29, 0.717) is 6.54 Å². The lowest BCUT2D eigenvalue weighted by Gasteiger charge is -2.12. The Morgan fingerprint density at radius 2 is 2.12 bits per heavy atom. The van der Waals surface area contributed by atoms with Crippen molar-refractivity contribution in [2.24, 2.45) is 0 Å². The number of nitrogens with one attached hydrogen (secondary N) is 1. The summed E-state index contributed by atoms with van der Waals surface area (Å²) in [4.78, 5) is 4.09. The third-order valence-corrected chi connectivity index (χ3v) is 2.40. The quantitative estimate of drug-likeness (QED) is 0.842. The minimum Gasteiger partial charge on any atom is -0.304 e. The van der Waals surface area contributed by atoms with E-state index in [4.69, 9.17) is 0 Å². The number of pyridine rings is 1. The van der Waals surface area contributed by atoms with Crippen LogP contribution in [0.5, 0.6) is 0 Å². The molecule has 0 saturated carbocycles. The standard InChI is InChI=1S/C12H14N4/c1-10(11-4-2-6-13-8-11)14-9-12-5-3-7-15-16-12/h2-8,10,14H,9H2,1H3. The van der Waals surface area contributed by atoms with Gasteiger partial charge in [0.25, 0.3) is 0 Å². The van der Waals surface area contributed by atoms with Crippen LogP contribution >= 0.6 is 0 Å². The molecule has 1 N–H and O–H groups in total. The zero-order chi connectivity index (χ0) is 11.2. The van der Waals surface area contributed by atoms with Gasteiger partial charge in [-0.25, -0.2) is 0 Å². The van der Waals surface area contributed by atoms with Crippen LogP contribution in [0.4, 0.5) is 0 Å². The Morgan fingerprint density at radius 1 is 1.25 bits per heavy atom. The van der Waals surface area contributed by atoms with Crippen molar-refractivity contribution in [2.45, 2.75) is 19.5 Å². The summed E-state index contributed by atoms with van der Waals surface area (Å²) < 4.78 is 0. The summed E-state index contributed by atoms with van der Waals surface area (Å²) in [5.74, 6) is 0. The molecule has 2 aromatic heterocycles. The van der Waals surface area contributed by atoms with Crippen molar-refractivity contribution in [3.63, 3.8) is 0 Å². The summed E-state index contributed by atoms with van der Waals surface area (Å²) in [5.41, 5.74) is 2.12. The lowest BCUT2D eigenvalue weighted by Crippen LogP contribution is -2.18. The Kier molecular flexibility index (Phi) is 3.56. The van der Waals surface area contributed by atoms with Crippen LogP contribution in [-0.4, -0.2) is 15.2 Å². The summed E-state index contributed by atoms with van der Waals surface area (Å²) >= 11 is 0. The molecule has 4 nitrogen and oxygen atoms in total. The molecule has 16 heavy (non-hydrogen) atoms. The first kappa shape index (κ1) is 10.7. The first-order chi connectivity index (χ1) is 7.86. The van der Waals surface area contributed by atoms with Gasteiger partial charge in [-0.2, -0.15) is 10.2 Å². The minimum absolute atomic E-state index is 0.260. The second-order valence-corrected chi connectivity index (χ2v) is 3.60. The van der Waals surface area contributed by atoms with Crippen molar-refractivity contribution in [1.82, 2.24) is 20.5 Å². The van der Waals surface area contributed by atoms with Crippen LogP contribution in [-0.2, 0) is 6.54 Å². The van der Waals surface area contributed by atoms with Gasteiger partial charge >= 0.3 is 0 Å². The predicted molar refractivity (Wildman–Crippen MR) is 61.5 cm³/mol. The van der Waals surface area contributed by atoms with E-state index in [0.717, 1.165) is 5.69 Å². The SMILES string of the molecule is CC(NCc1cccnn1)c1cccnc1. The Labute approximate surface area is 94.8 Å². The Bertz CT molecular complexity index is 416. The Hall–Kier alpha value is -1.81. The molecule has 0 saturated heterocycles. The summed E-state index contributed by atoms with van der Waals surface area (Å²) in [6.07, 6.45) is 5.32. The predicted octanol–water partition coefficient (Wildman–Crippen LogP) is 1.72. The molecular weight excluding hydrogens is 200 g/mol. The van der Waals surface area contributed by atoms with Crippen molar-refractivity contribution in [1.29, 1.82) is 0 Å². The molecule has 0 spiro atoms. The van der Waals surface area contributed by atoms with Crippen LogP contribution < -0.4 is 5.32 Å². The topological polar surface area (TPSA) is 50.7 Å². The zero-order valence-corrected chi connectivity index (χ0v) is 9.17. The van der Waals surface area contributed by atoms with Crippen LogP contribution in [0.25, 0.3) is 0 Å². The van der Waals surface area contributed by atoms with Gasteiger partial charge in [0.05, 0.1) is 5.69 Å². The number of nitrogens with zero attached hydrogens (tertiary/aromatic N) is 3. The number of rotatable bonds is 4. The van der Waals surface area contributed by atoms with E-state index in [1.165, 1.54) is 5.56 Å². The molecule has 0 aliphatic rings. The average molecular weight is 214 g/mol. The molecule has 0 amide bonds. The second kappa shape index (κ2) is 5.32. The molecule has 0 bridgehead atoms. The second-order valence-electron chi connectivity index (χ2n) is 3.60. The first-order valence-corrected chi connectivity index (χ1v) is 5.26. The minimum atomic E-state index is 0.260. The molecular formula is C12H14N4. The molecule has 0 aliphatic carbocycles. The Balaban J connectivity index is 1.92. The summed E-state index contributed by atoms with van der Waals surface area (Å²) in [6.45, 7) is 2.82. The van der Waals surface area contributed by atoms with E-state index < -0.39 is 0 Å². The van der Waals surface area contributed by atoms with Crippen molar-refractivity contribution in [3.8, 4) is 0 Å².